The zero-order chi connectivity index (χ0) is 80.3. The van der Waals surface area contributed by atoms with Crippen molar-refractivity contribution in [3.63, 3.8) is 0 Å². The molecule has 0 heterocycles. The van der Waals surface area contributed by atoms with E-state index in [2.05, 4.69) is 32.9 Å². The van der Waals surface area contributed by atoms with Gasteiger partial charge in [-0.3, -0.25) is 47.9 Å². The molecule has 2 unspecified atom stereocenters. The summed E-state index contributed by atoms with van der Waals surface area (Å²) in [5.41, 5.74) is -0.943. The van der Waals surface area contributed by atoms with Crippen LogP contribution in [0.25, 0.3) is 0 Å². The fraction of sp³-hybridized carbons (Fsp3) is 0.675. The van der Waals surface area contributed by atoms with Gasteiger partial charge in [0.05, 0.1) is 33.0 Å². The quantitative estimate of drug-likeness (QED) is 0.0246. The van der Waals surface area contributed by atoms with Gasteiger partial charge in [-0.15, -0.1) is 0 Å². The first-order valence-corrected chi connectivity index (χ1v) is 33.9. The number of carbonyl (C=O) groups is 15. The first-order chi connectivity index (χ1) is 46.4. The Labute approximate surface area is 605 Å². The minimum atomic E-state index is -0.568. The normalized spacial score (nSPS) is 16.8. The van der Waals surface area contributed by atoms with E-state index in [0.717, 1.165) is 25.7 Å². The average Bonchev–Trinajstić information content (AvgIpc) is 0.710. The molecule has 25 heteroatoms. The maximum atomic E-state index is 11.7. The largest absolute Gasteiger partial charge is 0.465 e. The first-order valence-electron chi connectivity index (χ1n) is 33.9. The highest BCUT2D eigenvalue weighted by Crippen LogP contribution is 2.57. The molecule has 578 valence electrons. The van der Waals surface area contributed by atoms with E-state index in [9.17, 15) is 71.9 Å². The van der Waals surface area contributed by atoms with Gasteiger partial charge in [0.15, 0.2) is 0 Å². The number of rotatable bonds is 35. The van der Waals surface area contributed by atoms with Crippen LogP contribution in [-0.2, 0) is 119 Å². The molecule has 0 bridgehead atoms. The van der Waals surface area contributed by atoms with Gasteiger partial charge in [0, 0.05) is 54.9 Å². The second-order valence-corrected chi connectivity index (χ2v) is 30.6. The van der Waals surface area contributed by atoms with Crippen molar-refractivity contribution >= 4 is 88.6 Å². The molecule has 0 aromatic rings. The van der Waals surface area contributed by atoms with E-state index in [4.69, 9.17) is 47.4 Å². The summed E-state index contributed by atoms with van der Waals surface area (Å²) in [5.74, 6) is -5.22. The van der Waals surface area contributed by atoms with E-state index >= 15 is 0 Å². The average molecular weight is 1450 g/mol. The molecular weight excluding hydrogens is 1320 g/mol. The van der Waals surface area contributed by atoms with Crippen LogP contribution in [0.1, 0.15) is 224 Å². The second-order valence-electron chi connectivity index (χ2n) is 30.6. The Hall–Kier alpha value is -8.25. The maximum Gasteiger partial charge on any atom is 0.333 e. The molecule has 0 N–H and O–H groups in total. The summed E-state index contributed by atoms with van der Waals surface area (Å²) >= 11 is 0. The Morgan fingerprint density at radius 3 is 0.971 bits per heavy atom. The van der Waals surface area contributed by atoms with E-state index in [1.54, 1.807) is 48.5 Å². The SMILES string of the molecule is C=C(C)C(=O)OC(C(C)C)C(C)(C)COC(=O)CC(C)=O.C=C(C)C(=O)OC1C(C)(C)C(OC(=O)CC(C)=O)C1(C)C.C=C(C)C(=O)OCC(C)(C)C(OC(=O)CC(C)=O)C(C)C.C=C(C)C(=O)OCC(C)(C)COC(=O)CC(C)=O.C=C(C)C(=O)OCC1CCC(COC(=O)CC(C)=O)CC1. The maximum absolute atomic E-state index is 11.7. The van der Waals surface area contributed by atoms with E-state index < -0.39 is 99.1 Å². The summed E-state index contributed by atoms with van der Waals surface area (Å²) in [6, 6.07) is 0. The van der Waals surface area contributed by atoms with Crippen LogP contribution in [-0.4, -0.2) is 153 Å². The van der Waals surface area contributed by atoms with Crippen molar-refractivity contribution in [1.29, 1.82) is 0 Å². The fourth-order valence-electron chi connectivity index (χ4n) is 10.6. The van der Waals surface area contributed by atoms with Crippen LogP contribution in [0, 0.1) is 50.7 Å². The highest BCUT2D eigenvalue weighted by atomic mass is 16.6. The predicted molar refractivity (Wildman–Crippen MR) is 380 cm³/mol. The lowest BCUT2D eigenvalue weighted by Crippen LogP contribution is -2.69. The highest BCUT2D eigenvalue weighted by molar-refractivity contribution is 5.96. The number of ether oxygens (including phenoxy) is 10. The van der Waals surface area contributed by atoms with Gasteiger partial charge in [-0.1, -0.05) is 130 Å². The summed E-state index contributed by atoms with van der Waals surface area (Å²) in [6.07, 6.45) is 1.02. The Morgan fingerprint density at radius 2 is 0.618 bits per heavy atom. The molecule has 2 aliphatic rings. The van der Waals surface area contributed by atoms with E-state index in [-0.39, 0.29) is 111 Å². The lowest BCUT2D eigenvalue weighted by Gasteiger charge is -2.61. The Kier molecular flexibility index (Phi) is 43.8. The Balaban J connectivity index is -0.00000120. The topological polar surface area (TPSA) is 348 Å². The van der Waals surface area contributed by atoms with Gasteiger partial charge < -0.3 is 47.4 Å². The third-order valence-electron chi connectivity index (χ3n) is 15.4. The van der Waals surface area contributed by atoms with Crippen molar-refractivity contribution in [2.24, 2.45) is 50.7 Å². The van der Waals surface area contributed by atoms with Gasteiger partial charge in [-0.05, 0) is 119 Å². The number of hydrogen-bond acceptors (Lipinski definition) is 25. The molecule has 102 heavy (non-hydrogen) atoms. The lowest BCUT2D eigenvalue weighted by atomic mass is 9.51. The Bertz CT molecular complexity index is 2920. The molecule has 0 amide bonds. The molecular formula is C77H120O25. The van der Waals surface area contributed by atoms with E-state index in [0.29, 0.717) is 52.9 Å². The van der Waals surface area contributed by atoms with Gasteiger partial charge in [0.25, 0.3) is 0 Å². The number of Topliss-reactive ketones (excluding diaryl/α,β-unsaturated/α-hetero) is 5. The van der Waals surface area contributed by atoms with Crippen LogP contribution in [0.3, 0.4) is 0 Å². The van der Waals surface area contributed by atoms with Crippen LogP contribution >= 0.6 is 0 Å². The van der Waals surface area contributed by atoms with E-state index in [1.165, 1.54) is 34.6 Å². The van der Waals surface area contributed by atoms with Crippen molar-refractivity contribution in [2.75, 3.05) is 39.6 Å². The number of hydrogen-bond donors (Lipinski definition) is 0. The zero-order valence-electron chi connectivity index (χ0n) is 65.5. The molecule has 0 saturated heterocycles. The minimum absolute atomic E-state index is 0.0273. The molecule has 2 atom stereocenters. The lowest BCUT2D eigenvalue weighted by molar-refractivity contribution is -0.266. The van der Waals surface area contributed by atoms with Crippen molar-refractivity contribution in [1.82, 2.24) is 0 Å². The number of carbonyl (C=O) groups excluding carboxylic acids is 15. The molecule has 25 nitrogen and oxygen atoms in total. The molecule has 2 fully saturated rings. The van der Waals surface area contributed by atoms with Crippen LogP contribution in [0.4, 0.5) is 0 Å². The smallest absolute Gasteiger partial charge is 0.333 e. The molecule has 2 saturated carbocycles. The number of esters is 10. The van der Waals surface area contributed by atoms with Gasteiger partial charge >= 0.3 is 59.7 Å². The standard InChI is InChI=1S/2C16H24O5.2C16H26O5.C13H20O5/c1-9(2)12(19)21-14-15(4,5)13(16(14,6)7)20-11(18)8-10(3)17;1-11(2)16(19)21-10-14-6-4-13(5-7-14)9-20-15(18)8-12(3)17;1-10(2)14(21-13(18)8-12(5)17)16(6,7)9-20-15(19)11(3)4;1-10(2)14(21-15(19)11(3)4)16(6,7)9-20-13(18)8-12(5)17;1-9(2)12(16)18-8-13(4,5)7-17-11(15)6-10(3)14/h13-14H,1,8H2,2-7H3;13-14H,1,4-10H2,2-3H3;2*10,14H,3,8-9H2,1-2,4-7H3;1,6-8H2,2-5H3. The van der Waals surface area contributed by atoms with Gasteiger partial charge in [0.2, 0.25) is 0 Å². The van der Waals surface area contributed by atoms with Gasteiger partial charge in [-0.25, -0.2) is 24.0 Å². The fourth-order valence-corrected chi connectivity index (χ4v) is 10.6. The third kappa shape index (κ3) is 41.0. The highest BCUT2D eigenvalue weighted by Gasteiger charge is 2.66. The molecule has 0 aromatic carbocycles. The Morgan fingerprint density at radius 1 is 0.343 bits per heavy atom. The van der Waals surface area contributed by atoms with Crippen LogP contribution in [0.15, 0.2) is 60.8 Å². The molecule has 0 aliphatic heterocycles. The summed E-state index contributed by atoms with van der Waals surface area (Å²) < 4.78 is 52.2. The summed E-state index contributed by atoms with van der Waals surface area (Å²) in [5, 5.41) is 0. The number of ketones is 5. The molecule has 2 aliphatic carbocycles. The minimum Gasteiger partial charge on any atom is -0.465 e. The van der Waals surface area contributed by atoms with E-state index in [1.807, 2.05) is 83.1 Å². The van der Waals surface area contributed by atoms with Gasteiger partial charge in [0.1, 0.15) is 92.0 Å². The van der Waals surface area contributed by atoms with Crippen molar-refractivity contribution in [3.8, 4) is 0 Å². The van der Waals surface area contributed by atoms with Crippen LogP contribution < -0.4 is 0 Å². The van der Waals surface area contributed by atoms with Crippen molar-refractivity contribution in [2.45, 2.75) is 248 Å². The molecule has 0 aromatic heterocycles. The monoisotopic (exact) mass is 1440 g/mol. The van der Waals surface area contributed by atoms with Crippen LogP contribution in [0.2, 0.25) is 0 Å². The molecule has 0 spiro atoms. The van der Waals surface area contributed by atoms with Gasteiger partial charge in [-0.2, -0.15) is 0 Å². The molecule has 2 rings (SSSR count). The summed E-state index contributed by atoms with van der Waals surface area (Å²) in [6.45, 7) is 59.7. The second kappa shape index (κ2) is 45.7. The molecule has 0 radical (unpaired) electrons. The van der Waals surface area contributed by atoms with Crippen molar-refractivity contribution in [3.05, 3.63) is 60.8 Å². The van der Waals surface area contributed by atoms with Crippen molar-refractivity contribution < 1.29 is 119 Å². The van der Waals surface area contributed by atoms with Crippen LogP contribution in [0.5, 0.6) is 0 Å². The predicted octanol–water partition coefficient (Wildman–Crippen LogP) is 11.9. The summed E-state index contributed by atoms with van der Waals surface area (Å²) in [7, 11) is 0. The summed E-state index contributed by atoms with van der Waals surface area (Å²) in [4.78, 5) is 169. The first kappa shape index (κ1) is 97.9. The zero-order valence-corrected chi connectivity index (χ0v) is 65.5. The third-order valence-corrected chi connectivity index (χ3v) is 15.4.